The second-order valence-electron chi connectivity index (χ2n) is 4.44. The summed E-state index contributed by atoms with van der Waals surface area (Å²) in [5.41, 5.74) is 1.15. The molecule has 0 spiro atoms. The zero-order chi connectivity index (χ0) is 12.0. The van der Waals surface area contributed by atoms with Crippen molar-refractivity contribution in [2.24, 2.45) is 0 Å². The fourth-order valence-electron chi connectivity index (χ4n) is 1.47. The van der Waals surface area contributed by atoms with Gasteiger partial charge < -0.3 is 10.2 Å². The average molecular weight is 241 g/mol. The lowest BCUT2D eigenvalue weighted by molar-refractivity contribution is 0.492. The molecule has 0 radical (unpaired) electrons. The number of hydrogen-bond acceptors (Lipinski definition) is 4. The van der Waals surface area contributed by atoms with Gasteiger partial charge in [-0.2, -0.15) is 0 Å². The number of anilines is 1. The molecule has 1 aromatic rings. The monoisotopic (exact) mass is 241 g/mol. The third kappa shape index (κ3) is 4.49. The molecule has 1 N–H and O–H groups in total. The molecule has 0 fully saturated rings. The first-order valence-corrected chi connectivity index (χ1v) is 6.86. The van der Waals surface area contributed by atoms with Gasteiger partial charge in [-0.15, -0.1) is 11.3 Å². The van der Waals surface area contributed by atoms with E-state index < -0.39 is 0 Å². The Morgan fingerprint density at radius 2 is 2.25 bits per heavy atom. The van der Waals surface area contributed by atoms with E-state index in [4.69, 9.17) is 0 Å². The van der Waals surface area contributed by atoms with Crippen LogP contribution in [0.4, 0.5) is 5.13 Å². The minimum atomic E-state index is 0.587. The van der Waals surface area contributed by atoms with Crippen LogP contribution in [-0.2, 0) is 6.54 Å². The number of thiazole rings is 1. The standard InChI is InChI=1S/C12H23N3S/c1-5-6-7-10(2)13-8-11-9-16-12(14-11)15(3)4/h9-10,13H,5-8H2,1-4H3. The topological polar surface area (TPSA) is 28.2 Å². The van der Waals surface area contributed by atoms with Crippen LogP contribution in [0.3, 0.4) is 0 Å². The molecule has 1 aromatic heterocycles. The first-order chi connectivity index (χ1) is 7.63. The Balaban J connectivity index is 2.31. The van der Waals surface area contributed by atoms with Gasteiger partial charge in [0.05, 0.1) is 5.69 Å². The van der Waals surface area contributed by atoms with Crippen LogP contribution in [-0.4, -0.2) is 25.1 Å². The Morgan fingerprint density at radius 1 is 1.50 bits per heavy atom. The highest BCUT2D eigenvalue weighted by atomic mass is 32.1. The van der Waals surface area contributed by atoms with Crippen LogP contribution in [0.2, 0.25) is 0 Å². The third-order valence-electron chi connectivity index (χ3n) is 2.54. The smallest absolute Gasteiger partial charge is 0.185 e. The lowest BCUT2D eigenvalue weighted by atomic mass is 10.1. The van der Waals surface area contributed by atoms with Crippen molar-refractivity contribution < 1.29 is 0 Å². The molecule has 3 nitrogen and oxygen atoms in total. The lowest BCUT2D eigenvalue weighted by Gasteiger charge is -2.12. The summed E-state index contributed by atoms with van der Waals surface area (Å²) < 4.78 is 0. The van der Waals surface area contributed by atoms with Crippen LogP contribution < -0.4 is 10.2 Å². The number of rotatable bonds is 7. The molecular weight excluding hydrogens is 218 g/mol. The van der Waals surface area contributed by atoms with Crippen LogP contribution in [0, 0.1) is 0 Å². The lowest BCUT2D eigenvalue weighted by Crippen LogP contribution is -2.25. The summed E-state index contributed by atoms with van der Waals surface area (Å²) in [5.74, 6) is 0. The molecular formula is C12H23N3S. The maximum absolute atomic E-state index is 4.54. The molecule has 1 unspecified atom stereocenters. The largest absolute Gasteiger partial charge is 0.354 e. The second kappa shape index (κ2) is 6.86. The Kier molecular flexibility index (Phi) is 5.77. The number of hydrogen-bond donors (Lipinski definition) is 1. The van der Waals surface area contributed by atoms with Gasteiger partial charge in [-0.3, -0.25) is 0 Å². The molecule has 0 saturated heterocycles. The van der Waals surface area contributed by atoms with Crippen LogP contribution in [0.5, 0.6) is 0 Å². The van der Waals surface area contributed by atoms with Gasteiger partial charge in [0.1, 0.15) is 0 Å². The zero-order valence-corrected chi connectivity index (χ0v) is 11.6. The molecule has 16 heavy (non-hydrogen) atoms. The summed E-state index contributed by atoms with van der Waals surface area (Å²) in [6.07, 6.45) is 3.82. The minimum absolute atomic E-state index is 0.587. The fraction of sp³-hybridized carbons (Fsp3) is 0.750. The van der Waals surface area contributed by atoms with E-state index in [1.54, 1.807) is 11.3 Å². The maximum Gasteiger partial charge on any atom is 0.185 e. The van der Waals surface area contributed by atoms with Gasteiger partial charge in [-0.05, 0) is 13.3 Å². The maximum atomic E-state index is 4.54. The molecule has 0 amide bonds. The molecule has 0 aromatic carbocycles. The molecule has 0 saturated carbocycles. The van der Waals surface area contributed by atoms with Gasteiger partial charge in [-0.25, -0.2) is 4.98 Å². The third-order valence-corrected chi connectivity index (χ3v) is 3.60. The number of nitrogens with zero attached hydrogens (tertiary/aromatic N) is 2. The number of unbranched alkanes of at least 4 members (excludes halogenated alkanes) is 1. The van der Waals surface area contributed by atoms with E-state index in [0.717, 1.165) is 17.4 Å². The van der Waals surface area contributed by atoms with Crippen LogP contribution in [0.15, 0.2) is 5.38 Å². The van der Waals surface area contributed by atoms with E-state index >= 15 is 0 Å². The minimum Gasteiger partial charge on any atom is -0.354 e. The SMILES string of the molecule is CCCCC(C)NCc1csc(N(C)C)n1. The first-order valence-electron chi connectivity index (χ1n) is 5.98. The van der Waals surface area contributed by atoms with Crippen molar-refractivity contribution in [3.8, 4) is 0 Å². The van der Waals surface area contributed by atoms with Gasteiger partial charge in [0, 0.05) is 32.1 Å². The summed E-state index contributed by atoms with van der Waals surface area (Å²) in [4.78, 5) is 6.59. The van der Waals surface area contributed by atoms with Gasteiger partial charge in [0.25, 0.3) is 0 Å². The molecule has 0 aliphatic heterocycles. The van der Waals surface area contributed by atoms with Crippen molar-refractivity contribution in [2.75, 3.05) is 19.0 Å². The summed E-state index contributed by atoms with van der Waals surface area (Å²) in [6, 6.07) is 0.587. The molecule has 1 rings (SSSR count). The average Bonchev–Trinajstić information content (AvgIpc) is 2.72. The first kappa shape index (κ1) is 13.5. The summed E-state index contributed by atoms with van der Waals surface area (Å²) >= 11 is 1.70. The van der Waals surface area contributed by atoms with Crippen LogP contribution in [0.25, 0.3) is 0 Å². The van der Waals surface area contributed by atoms with E-state index in [1.807, 2.05) is 14.1 Å². The van der Waals surface area contributed by atoms with Crippen molar-refractivity contribution in [1.29, 1.82) is 0 Å². The quantitative estimate of drug-likeness (QED) is 0.795. The van der Waals surface area contributed by atoms with E-state index in [9.17, 15) is 0 Å². The molecule has 92 valence electrons. The molecule has 0 aliphatic rings. The Bertz CT molecular complexity index is 296. The summed E-state index contributed by atoms with van der Waals surface area (Å²) in [5, 5.41) is 6.73. The van der Waals surface area contributed by atoms with E-state index in [0.29, 0.717) is 6.04 Å². The zero-order valence-electron chi connectivity index (χ0n) is 10.8. The van der Waals surface area contributed by atoms with Gasteiger partial charge in [-0.1, -0.05) is 19.8 Å². The molecule has 0 aliphatic carbocycles. The summed E-state index contributed by atoms with van der Waals surface area (Å²) in [6.45, 7) is 5.36. The fourth-order valence-corrected chi connectivity index (χ4v) is 2.23. The van der Waals surface area contributed by atoms with Gasteiger partial charge in [0.2, 0.25) is 0 Å². The van der Waals surface area contributed by atoms with Crippen LogP contribution in [0.1, 0.15) is 38.8 Å². The Hall–Kier alpha value is -0.610. The molecule has 4 heteroatoms. The Labute approximate surface area is 103 Å². The van der Waals surface area contributed by atoms with Crippen LogP contribution >= 0.6 is 11.3 Å². The second-order valence-corrected chi connectivity index (χ2v) is 5.28. The number of aromatic nitrogens is 1. The highest BCUT2D eigenvalue weighted by Crippen LogP contribution is 2.17. The highest BCUT2D eigenvalue weighted by Gasteiger charge is 2.05. The van der Waals surface area contributed by atoms with Crippen molar-refractivity contribution in [3.05, 3.63) is 11.1 Å². The molecule has 1 atom stereocenters. The van der Waals surface area contributed by atoms with Crippen molar-refractivity contribution in [2.45, 2.75) is 45.7 Å². The van der Waals surface area contributed by atoms with Crippen molar-refractivity contribution in [3.63, 3.8) is 0 Å². The van der Waals surface area contributed by atoms with Crippen molar-refractivity contribution >= 4 is 16.5 Å². The van der Waals surface area contributed by atoms with E-state index in [2.05, 4.69) is 34.4 Å². The van der Waals surface area contributed by atoms with E-state index in [-0.39, 0.29) is 0 Å². The van der Waals surface area contributed by atoms with Gasteiger partial charge in [0.15, 0.2) is 5.13 Å². The predicted molar refractivity (Wildman–Crippen MR) is 72.3 cm³/mol. The predicted octanol–water partition coefficient (Wildman–Crippen LogP) is 2.88. The molecule has 0 bridgehead atoms. The summed E-state index contributed by atoms with van der Waals surface area (Å²) in [7, 11) is 4.06. The Morgan fingerprint density at radius 3 is 2.81 bits per heavy atom. The number of nitrogens with one attached hydrogen (secondary N) is 1. The van der Waals surface area contributed by atoms with E-state index in [1.165, 1.54) is 19.3 Å². The highest BCUT2D eigenvalue weighted by molar-refractivity contribution is 7.13. The van der Waals surface area contributed by atoms with Crippen molar-refractivity contribution in [1.82, 2.24) is 10.3 Å². The normalized spacial score (nSPS) is 12.8. The van der Waals surface area contributed by atoms with Gasteiger partial charge >= 0.3 is 0 Å². The molecule has 1 heterocycles.